The monoisotopic (exact) mass is 272 g/mol. The Kier molecular flexibility index (Phi) is 7.06. The molecule has 0 aliphatic rings. The van der Waals surface area contributed by atoms with Gasteiger partial charge in [-0.3, -0.25) is 0 Å². The first-order valence-corrected chi connectivity index (χ1v) is 7.43. The summed E-state index contributed by atoms with van der Waals surface area (Å²) in [5.74, 6) is -0.170. The zero-order valence-electron chi connectivity index (χ0n) is 13.7. The van der Waals surface area contributed by atoms with Crippen LogP contribution in [-0.2, 0) is 9.68 Å². The molecule has 0 rings (SSSR count). The van der Waals surface area contributed by atoms with Gasteiger partial charge in [-0.2, -0.15) is 5.26 Å². The summed E-state index contributed by atoms with van der Waals surface area (Å²) >= 11 is 0. The number of unbranched alkanes of at least 4 members (excludes halogenated alkanes) is 1. The van der Waals surface area contributed by atoms with Crippen LogP contribution in [0.15, 0.2) is 0 Å². The van der Waals surface area contributed by atoms with Gasteiger partial charge in [-0.1, -0.05) is 61.3 Å². The molecule has 3 heteroatoms. The van der Waals surface area contributed by atoms with Crippen molar-refractivity contribution in [3.8, 4) is 0 Å². The van der Waals surface area contributed by atoms with Gasteiger partial charge in [0.2, 0.25) is 0 Å². The minimum Gasteiger partial charge on any atom is -0.300 e. The molecule has 0 unspecified atom stereocenters. The topological polar surface area (TPSA) is 46.5 Å². The first kappa shape index (κ1) is 18.4. The molecule has 0 aliphatic carbocycles. The summed E-state index contributed by atoms with van der Waals surface area (Å²) in [6.45, 7) is 14.8. The largest absolute Gasteiger partial charge is 0.348 e. The fourth-order valence-corrected chi connectivity index (χ4v) is 2.98. The van der Waals surface area contributed by atoms with Gasteiger partial charge in [0.1, 0.15) is 0 Å². The normalized spacial score (nSPS) is 13.2. The lowest BCUT2D eigenvalue weighted by Gasteiger charge is -2.38. The Hall–Kier alpha value is -0.570. The van der Waals surface area contributed by atoms with Crippen molar-refractivity contribution in [3.63, 3.8) is 0 Å². The minimum atomic E-state index is -0.577. The lowest BCUT2D eigenvalue weighted by atomic mass is 9.66. The zero-order valence-corrected chi connectivity index (χ0v) is 13.7. The molecule has 0 radical (unpaired) electrons. The highest BCUT2D eigenvalue weighted by atomic mass is 17.1. The van der Waals surface area contributed by atoms with Crippen LogP contribution < -0.4 is 0 Å². The standard InChI is InChI=1S/C16H32O3/c1-12(2)16(13(3)4,14(17)19-18)11-9-8-10-15(5,6)7/h12-13,18H,8-11H2,1-7H3. The molecule has 19 heavy (non-hydrogen) atoms. The maximum atomic E-state index is 12.0. The second-order valence-corrected chi connectivity index (χ2v) is 7.50. The molecule has 0 spiro atoms. The van der Waals surface area contributed by atoms with Gasteiger partial charge in [0.05, 0.1) is 5.41 Å². The third-order valence-corrected chi connectivity index (χ3v) is 4.29. The van der Waals surface area contributed by atoms with Gasteiger partial charge < -0.3 is 4.89 Å². The van der Waals surface area contributed by atoms with Crippen LogP contribution in [0.2, 0.25) is 0 Å². The highest BCUT2D eigenvalue weighted by molar-refractivity contribution is 5.76. The average Bonchev–Trinajstić information content (AvgIpc) is 2.25. The fraction of sp³-hybridized carbons (Fsp3) is 0.938. The molecular formula is C16H32O3. The molecule has 0 aliphatic heterocycles. The van der Waals surface area contributed by atoms with E-state index < -0.39 is 11.4 Å². The van der Waals surface area contributed by atoms with E-state index in [2.05, 4.69) is 25.7 Å². The van der Waals surface area contributed by atoms with Crippen LogP contribution in [0.25, 0.3) is 0 Å². The average molecular weight is 272 g/mol. The Labute approximate surface area is 118 Å². The summed E-state index contributed by atoms with van der Waals surface area (Å²) < 4.78 is 0. The quantitative estimate of drug-likeness (QED) is 0.407. The van der Waals surface area contributed by atoms with E-state index in [1.165, 1.54) is 0 Å². The Balaban J connectivity index is 4.73. The third-order valence-electron chi connectivity index (χ3n) is 4.29. The Morgan fingerprint density at radius 1 is 1.00 bits per heavy atom. The van der Waals surface area contributed by atoms with E-state index in [9.17, 15) is 4.79 Å². The molecule has 0 atom stereocenters. The van der Waals surface area contributed by atoms with Gasteiger partial charge in [-0.15, -0.1) is 0 Å². The van der Waals surface area contributed by atoms with Gasteiger partial charge in [-0.05, 0) is 30.1 Å². The molecular weight excluding hydrogens is 240 g/mol. The van der Waals surface area contributed by atoms with Gasteiger partial charge in [0.25, 0.3) is 0 Å². The molecule has 0 aromatic carbocycles. The molecule has 0 saturated heterocycles. The number of carbonyl (C=O) groups is 1. The Morgan fingerprint density at radius 3 is 1.74 bits per heavy atom. The smallest absolute Gasteiger partial charge is 0.300 e. The fourth-order valence-electron chi connectivity index (χ4n) is 2.98. The molecule has 0 saturated carbocycles. The number of hydrogen-bond acceptors (Lipinski definition) is 3. The van der Waals surface area contributed by atoms with Crippen LogP contribution in [0.4, 0.5) is 0 Å². The lowest BCUT2D eigenvalue weighted by molar-refractivity contribution is -0.251. The van der Waals surface area contributed by atoms with E-state index in [-0.39, 0.29) is 11.8 Å². The van der Waals surface area contributed by atoms with Crippen molar-refractivity contribution in [1.82, 2.24) is 0 Å². The van der Waals surface area contributed by atoms with E-state index in [1.807, 2.05) is 27.7 Å². The summed E-state index contributed by atoms with van der Waals surface area (Å²) in [7, 11) is 0. The van der Waals surface area contributed by atoms with Crippen LogP contribution in [0.1, 0.15) is 74.1 Å². The van der Waals surface area contributed by atoms with Crippen molar-refractivity contribution in [1.29, 1.82) is 0 Å². The van der Waals surface area contributed by atoms with Crippen LogP contribution in [0, 0.1) is 22.7 Å². The van der Waals surface area contributed by atoms with Crippen molar-refractivity contribution in [2.45, 2.75) is 74.1 Å². The van der Waals surface area contributed by atoms with Crippen molar-refractivity contribution in [2.24, 2.45) is 22.7 Å². The summed E-state index contributed by atoms with van der Waals surface area (Å²) in [4.78, 5) is 16.1. The highest BCUT2D eigenvalue weighted by Gasteiger charge is 2.45. The highest BCUT2D eigenvalue weighted by Crippen LogP contribution is 2.42. The molecule has 3 nitrogen and oxygen atoms in total. The molecule has 0 amide bonds. The molecule has 0 bridgehead atoms. The van der Waals surface area contributed by atoms with Gasteiger partial charge >= 0.3 is 5.97 Å². The molecule has 1 N–H and O–H groups in total. The molecule has 0 heterocycles. The SMILES string of the molecule is CC(C)C(CCCCC(C)(C)C)(C(=O)OO)C(C)C. The predicted molar refractivity (Wildman–Crippen MR) is 78.8 cm³/mol. The van der Waals surface area contributed by atoms with Crippen LogP contribution in [0.5, 0.6) is 0 Å². The summed E-state index contributed by atoms with van der Waals surface area (Å²) in [5, 5.41) is 8.80. The van der Waals surface area contributed by atoms with Crippen LogP contribution >= 0.6 is 0 Å². The van der Waals surface area contributed by atoms with E-state index in [1.54, 1.807) is 0 Å². The van der Waals surface area contributed by atoms with Crippen LogP contribution in [0.3, 0.4) is 0 Å². The Bertz CT molecular complexity index is 266. The van der Waals surface area contributed by atoms with Crippen molar-refractivity contribution in [2.75, 3.05) is 0 Å². The molecule has 0 aromatic heterocycles. The summed E-state index contributed by atoms with van der Waals surface area (Å²) in [6, 6.07) is 0. The van der Waals surface area contributed by atoms with Gasteiger partial charge in [-0.25, -0.2) is 4.79 Å². The van der Waals surface area contributed by atoms with E-state index in [0.29, 0.717) is 5.41 Å². The lowest BCUT2D eigenvalue weighted by Crippen LogP contribution is -2.42. The minimum absolute atomic E-state index is 0.154. The maximum Gasteiger partial charge on any atom is 0.348 e. The van der Waals surface area contributed by atoms with Crippen molar-refractivity contribution >= 4 is 5.97 Å². The first-order valence-electron chi connectivity index (χ1n) is 7.43. The molecule has 0 aromatic rings. The van der Waals surface area contributed by atoms with E-state index >= 15 is 0 Å². The third kappa shape index (κ3) is 5.13. The second kappa shape index (κ2) is 7.28. The van der Waals surface area contributed by atoms with E-state index in [0.717, 1.165) is 25.7 Å². The zero-order chi connectivity index (χ0) is 15.3. The van der Waals surface area contributed by atoms with Crippen LogP contribution in [-0.4, -0.2) is 11.2 Å². The van der Waals surface area contributed by atoms with Gasteiger partial charge in [0.15, 0.2) is 0 Å². The van der Waals surface area contributed by atoms with Crippen molar-refractivity contribution in [3.05, 3.63) is 0 Å². The first-order chi connectivity index (χ1) is 8.58. The van der Waals surface area contributed by atoms with Crippen molar-refractivity contribution < 1.29 is 14.9 Å². The molecule has 0 fully saturated rings. The summed E-state index contributed by atoms with van der Waals surface area (Å²) in [5.41, 5.74) is -0.248. The number of rotatable bonds is 7. The maximum absolute atomic E-state index is 12.0. The van der Waals surface area contributed by atoms with Gasteiger partial charge in [0, 0.05) is 0 Å². The molecule has 114 valence electrons. The summed E-state index contributed by atoms with van der Waals surface area (Å²) in [6.07, 6.45) is 4.01. The second-order valence-electron chi connectivity index (χ2n) is 7.50. The number of hydrogen-bond donors (Lipinski definition) is 1. The predicted octanol–water partition coefficient (Wildman–Crippen LogP) is 4.91. The number of carbonyl (C=O) groups excluding carboxylic acids is 1. The Morgan fingerprint density at radius 2 is 1.42 bits per heavy atom. The van der Waals surface area contributed by atoms with E-state index in [4.69, 9.17) is 5.26 Å².